The van der Waals surface area contributed by atoms with Gasteiger partial charge in [-0.15, -0.1) is 0 Å². The second-order valence-electron chi connectivity index (χ2n) is 8.19. The number of carbonyl (C=O) groups excluding carboxylic acids is 1. The normalized spacial score (nSPS) is 15.2. The number of carbonyl (C=O) groups is 1. The molecule has 0 amide bonds. The van der Waals surface area contributed by atoms with Gasteiger partial charge in [0.2, 0.25) is 0 Å². The lowest BCUT2D eigenvalue weighted by Crippen LogP contribution is -2.40. The summed E-state index contributed by atoms with van der Waals surface area (Å²) in [5, 5.41) is 0.445. The highest BCUT2D eigenvalue weighted by atomic mass is 35.5. The Morgan fingerprint density at radius 3 is 2.62 bits per heavy atom. The third-order valence-electron chi connectivity index (χ3n) is 5.88. The van der Waals surface area contributed by atoms with Gasteiger partial charge in [0.15, 0.2) is 16.3 Å². The highest BCUT2D eigenvalue weighted by Gasteiger charge is 2.35. The van der Waals surface area contributed by atoms with E-state index in [1.165, 1.54) is 23.0 Å². The maximum atomic E-state index is 13.9. The number of halogens is 1. The van der Waals surface area contributed by atoms with Crippen molar-refractivity contribution < 1.29 is 23.7 Å². The molecule has 1 unspecified atom stereocenters. The predicted molar refractivity (Wildman–Crippen MR) is 143 cm³/mol. The third kappa shape index (κ3) is 5.01. The van der Waals surface area contributed by atoms with Crippen LogP contribution in [-0.2, 0) is 9.53 Å². The summed E-state index contributed by atoms with van der Waals surface area (Å²) in [5.41, 5.74) is 1.60. The van der Waals surface area contributed by atoms with E-state index in [4.69, 9.17) is 30.5 Å². The van der Waals surface area contributed by atoms with E-state index in [0.717, 1.165) is 6.42 Å². The zero-order valence-corrected chi connectivity index (χ0v) is 22.7. The van der Waals surface area contributed by atoms with Crippen LogP contribution in [0.1, 0.15) is 37.4 Å². The molecule has 8 nitrogen and oxygen atoms in total. The molecule has 2 aromatic carbocycles. The third-order valence-corrected chi connectivity index (χ3v) is 7.09. The van der Waals surface area contributed by atoms with Gasteiger partial charge in [0.25, 0.3) is 5.56 Å². The van der Waals surface area contributed by atoms with Crippen LogP contribution in [0, 0.1) is 0 Å². The zero-order valence-electron chi connectivity index (χ0n) is 21.2. The molecule has 0 aliphatic carbocycles. The van der Waals surface area contributed by atoms with E-state index in [0.29, 0.717) is 55.0 Å². The van der Waals surface area contributed by atoms with Gasteiger partial charge in [-0.05, 0) is 43.7 Å². The number of rotatable bonds is 8. The Morgan fingerprint density at radius 2 is 1.95 bits per heavy atom. The molecule has 1 aliphatic heterocycles. The fourth-order valence-corrected chi connectivity index (χ4v) is 5.45. The van der Waals surface area contributed by atoms with Crippen LogP contribution in [0.5, 0.6) is 17.2 Å². The lowest BCUT2D eigenvalue weighted by atomic mass is 9.95. The largest absolute Gasteiger partial charge is 0.493 e. The minimum Gasteiger partial charge on any atom is -0.493 e. The number of thiazole rings is 1. The maximum absolute atomic E-state index is 13.9. The molecule has 10 heteroatoms. The van der Waals surface area contributed by atoms with Crippen LogP contribution in [0.25, 0.3) is 6.08 Å². The molecule has 1 atom stereocenters. The van der Waals surface area contributed by atoms with E-state index in [1.807, 2.05) is 19.1 Å². The molecule has 0 saturated carbocycles. The molecule has 0 radical (unpaired) electrons. The quantitative estimate of drug-likeness (QED) is 0.402. The number of nitrogens with zero attached hydrogens (tertiary/aromatic N) is 2. The van der Waals surface area contributed by atoms with Gasteiger partial charge in [-0.3, -0.25) is 9.36 Å². The molecule has 0 spiro atoms. The molecule has 2 heterocycles. The van der Waals surface area contributed by atoms with Crippen molar-refractivity contribution in [1.29, 1.82) is 0 Å². The molecule has 0 bridgehead atoms. The number of hydrogen-bond acceptors (Lipinski definition) is 8. The van der Waals surface area contributed by atoms with Gasteiger partial charge in [0.1, 0.15) is 11.8 Å². The van der Waals surface area contributed by atoms with Gasteiger partial charge >= 0.3 is 5.97 Å². The Morgan fingerprint density at radius 1 is 1.16 bits per heavy atom. The molecule has 1 aliphatic rings. The number of allylic oxidation sites excluding steroid dienone is 1. The summed E-state index contributed by atoms with van der Waals surface area (Å²) >= 11 is 7.59. The molecule has 1 aromatic heterocycles. The van der Waals surface area contributed by atoms with E-state index in [-0.39, 0.29) is 11.1 Å². The van der Waals surface area contributed by atoms with Gasteiger partial charge in [0.05, 0.1) is 43.7 Å². The Bertz CT molecular complexity index is 1560. The number of ether oxygens (including phenoxy) is 4. The lowest BCUT2D eigenvalue weighted by Gasteiger charge is -2.26. The molecule has 0 saturated heterocycles. The zero-order chi connectivity index (χ0) is 26.7. The number of benzene rings is 2. The summed E-state index contributed by atoms with van der Waals surface area (Å²) in [6.45, 7) is 4.18. The Labute approximate surface area is 223 Å². The highest BCUT2D eigenvalue weighted by molar-refractivity contribution is 7.07. The maximum Gasteiger partial charge on any atom is 0.338 e. The first-order chi connectivity index (χ1) is 17.8. The Hall–Kier alpha value is -3.56. The molecule has 3 aromatic rings. The summed E-state index contributed by atoms with van der Waals surface area (Å²) in [7, 11) is 4.39. The SMILES string of the molecule is CCCOc1ccc(Cl)cc1C1C(C(=O)OC)=C(C)N=c2sc(=Cc3cccc(OC)c3OC)c(=O)n21. The van der Waals surface area contributed by atoms with E-state index in [1.54, 1.807) is 51.5 Å². The molecular weight excluding hydrogens is 516 g/mol. The summed E-state index contributed by atoms with van der Waals surface area (Å²) in [5.74, 6) is 0.985. The molecular formula is C27H27ClN2O6S. The second kappa shape index (κ2) is 11.2. The van der Waals surface area contributed by atoms with Crippen LogP contribution in [0.2, 0.25) is 5.02 Å². The topological polar surface area (TPSA) is 88.4 Å². The first kappa shape index (κ1) is 26.5. The van der Waals surface area contributed by atoms with Crippen molar-refractivity contribution in [3.8, 4) is 17.2 Å². The van der Waals surface area contributed by atoms with Crippen molar-refractivity contribution in [2.45, 2.75) is 26.3 Å². The van der Waals surface area contributed by atoms with Crippen LogP contribution < -0.4 is 29.1 Å². The summed E-state index contributed by atoms with van der Waals surface area (Å²) in [4.78, 5) is 31.9. The van der Waals surface area contributed by atoms with E-state index < -0.39 is 12.0 Å². The van der Waals surface area contributed by atoms with Gasteiger partial charge in [0, 0.05) is 16.1 Å². The monoisotopic (exact) mass is 542 g/mol. The average molecular weight is 543 g/mol. The fraction of sp³-hybridized carbons (Fsp3) is 0.296. The Balaban J connectivity index is 2.01. The second-order valence-corrected chi connectivity index (χ2v) is 9.63. The van der Waals surface area contributed by atoms with Crippen LogP contribution >= 0.6 is 22.9 Å². The van der Waals surface area contributed by atoms with Crippen molar-refractivity contribution in [3.63, 3.8) is 0 Å². The van der Waals surface area contributed by atoms with Gasteiger partial charge in [-0.25, -0.2) is 9.79 Å². The van der Waals surface area contributed by atoms with Crippen LogP contribution in [0.4, 0.5) is 0 Å². The molecule has 0 fully saturated rings. The standard InChI is InChI=1S/C27H27ClN2O6S/c1-6-12-36-19-11-10-17(28)14-18(19)23-22(26(32)35-5)15(2)29-27-30(23)25(31)21(37-27)13-16-8-7-9-20(33-3)24(16)34-4/h7-11,13-14,23H,6,12H2,1-5H3. The number of hydrogen-bond donors (Lipinski definition) is 0. The van der Waals surface area contributed by atoms with E-state index >= 15 is 0 Å². The first-order valence-corrected chi connectivity index (χ1v) is 12.8. The van der Waals surface area contributed by atoms with Crippen molar-refractivity contribution in [2.75, 3.05) is 27.9 Å². The summed E-state index contributed by atoms with van der Waals surface area (Å²) in [6, 6.07) is 9.74. The molecule has 0 N–H and O–H groups in total. The van der Waals surface area contributed by atoms with E-state index in [9.17, 15) is 9.59 Å². The average Bonchev–Trinajstić information content (AvgIpc) is 3.20. The lowest BCUT2D eigenvalue weighted by molar-refractivity contribution is -0.136. The fourth-order valence-electron chi connectivity index (χ4n) is 4.23. The highest BCUT2D eigenvalue weighted by Crippen LogP contribution is 2.37. The smallest absolute Gasteiger partial charge is 0.338 e. The van der Waals surface area contributed by atoms with Gasteiger partial charge in [-0.2, -0.15) is 0 Å². The van der Waals surface area contributed by atoms with Crippen molar-refractivity contribution in [3.05, 3.63) is 83.5 Å². The van der Waals surface area contributed by atoms with Crippen molar-refractivity contribution in [1.82, 2.24) is 4.57 Å². The van der Waals surface area contributed by atoms with Crippen LogP contribution in [-0.4, -0.2) is 38.5 Å². The number of fused-ring (bicyclic) bond motifs is 1. The van der Waals surface area contributed by atoms with Gasteiger partial charge in [-0.1, -0.05) is 42.0 Å². The molecule has 37 heavy (non-hydrogen) atoms. The van der Waals surface area contributed by atoms with Gasteiger partial charge < -0.3 is 18.9 Å². The number of esters is 1. The predicted octanol–water partition coefficient (Wildman–Crippen LogP) is 3.87. The van der Waals surface area contributed by atoms with Crippen LogP contribution in [0.3, 0.4) is 0 Å². The number of methoxy groups -OCH3 is 3. The molecule has 194 valence electrons. The first-order valence-electron chi connectivity index (χ1n) is 11.6. The van der Waals surface area contributed by atoms with Crippen molar-refractivity contribution >= 4 is 35.0 Å². The van der Waals surface area contributed by atoms with Crippen molar-refractivity contribution in [2.24, 2.45) is 4.99 Å². The minimum atomic E-state index is -0.844. The molecule has 4 rings (SSSR count). The van der Waals surface area contributed by atoms with E-state index in [2.05, 4.69) is 4.99 Å². The summed E-state index contributed by atoms with van der Waals surface area (Å²) < 4.78 is 23.9. The number of para-hydroxylation sites is 1. The van der Waals surface area contributed by atoms with Crippen LogP contribution in [0.15, 0.2) is 57.5 Å². The Kier molecular flexibility index (Phi) is 8.04. The summed E-state index contributed by atoms with van der Waals surface area (Å²) in [6.07, 6.45) is 2.51. The minimum absolute atomic E-state index is 0.240. The number of aromatic nitrogens is 1.